The summed E-state index contributed by atoms with van der Waals surface area (Å²) in [5.41, 5.74) is 3.53. The zero-order valence-electron chi connectivity index (χ0n) is 8.37. The standard InChI is InChI=1S/C11H15OSi/c1-12-11-6-4-10(5-7-11)8-9-13(2)3/h4-9H,1-3H3. The van der Waals surface area contributed by atoms with Gasteiger partial charge in [0.25, 0.3) is 0 Å². The van der Waals surface area contributed by atoms with Gasteiger partial charge in [0.2, 0.25) is 0 Å². The predicted octanol–water partition coefficient (Wildman–Crippen LogP) is 3.00. The molecule has 0 saturated carbocycles. The first-order valence-corrected chi connectivity index (χ1v) is 6.92. The second kappa shape index (κ2) is 4.87. The third kappa shape index (κ3) is 3.47. The zero-order valence-corrected chi connectivity index (χ0v) is 9.37. The SMILES string of the molecule is COc1ccc(C=C[Si](C)C)cc1. The third-order valence-corrected chi connectivity index (χ3v) is 2.56. The third-order valence-electron chi connectivity index (χ3n) is 1.72. The van der Waals surface area contributed by atoms with Crippen molar-refractivity contribution >= 4 is 14.9 Å². The Labute approximate surface area is 81.7 Å². The maximum atomic E-state index is 5.08. The van der Waals surface area contributed by atoms with Crippen LogP contribution in [0.4, 0.5) is 0 Å². The summed E-state index contributed by atoms with van der Waals surface area (Å²) in [5.74, 6) is 0.913. The van der Waals surface area contributed by atoms with E-state index in [1.165, 1.54) is 5.56 Å². The molecule has 0 N–H and O–H groups in total. The van der Waals surface area contributed by atoms with Gasteiger partial charge in [0.15, 0.2) is 0 Å². The Morgan fingerprint density at radius 3 is 2.23 bits per heavy atom. The van der Waals surface area contributed by atoms with E-state index >= 15 is 0 Å². The van der Waals surface area contributed by atoms with Crippen LogP contribution in [-0.2, 0) is 0 Å². The van der Waals surface area contributed by atoms with Crippen molar-refractivity contribution in [3.63, 3.8) is 0 Å². The molecule has 2 heteroatoms. The number of rotatable bonds is 3. The average Bonchev–Trinajstić information content (AvgIpc) is 2.15. The van der Waals surface area contributed by atoms with Crippen LogP contribution < -0.4 is 4.74 Å². The highest BCUT2D eigenvalue weighted by atomic mass is 28.3. The summed E-state index contributed by atoms with van der Waals surface area (Å²) in [6.07, 6.45) is 2.17. The highest BCUT2D eigenvalue weighted by Gasteiger charge is 1.91. The lowest BCUT2D eigenvalue weighted by Gasteiger charge is -1.99. The van der Waals surface area contributed by atoms with E-state index in [2.05, 4.69) is 37.0 Å². The van der Waals surface area contributed by atoms with Crippen molar-refractivity contribution in [2.45, 2.75) is 13.1 Å². The Morgan fingerprint density at radius 2 is 1.77 bits per heavy atom. The van der Waals surface area contributed by atoms with Crippen LogP contribution in [0, 0.1) is 0 Å². The van der Waals surface area contributed by atoms with Crippen LogP contribution in [0.1, 0.15) is 5.56 Å². The summed E-state index contributed by atoms with van der Waals surface area (Å²) in [4.78, 5) is 0. The quantitative estimate of drug-likeness (QED) is 0.667. The van der Waals surface area contributed by atoms with Crippen molar-refractivity contribution in [3.05, 3.63) is 35.5 Å². The first-order chi connectivity index (χ1) is 6.22. The smallest absolute Gasteiger partial charge is 0.118 e. The van der Waals surface area contributed by atoms with Gasteiger partial charge in [0.05, 0.1) is 15.9 Å². The molecule has 1 nitrogen and oxygen atoms in total. The van der Waals surface area contributed by atoms with Crippen molar-refractivity contribution in [2.24, 2.45) is 0 Å². The van der Waals surface area contributed by atoms with E-state index in [0.717, 1.165) is 5.75 Å². The maximum Gasteiger partial charge on any atom is 0.118 e. The molecule has 0 aliphatic carbocycles. The van der Waals surface area contributed by atoms with Gasteiger partial charge >= 0.3 is 0 Å². The van der Waals surface area contributed by atoms with Gasteiger partial charge in [-0.25, -0.2) is 0 Å². The van der Waals surface area contributed by atoms with Crippen LogP contribution in [0.25, 0.3) is 6.08 Å². The monoisotopic (exact) mass is 191 g/mol. The van der Waals surface area contributed by atoms with Crippen LogP contribution in [0.5, 0.6) is 5.75 Å². The molecule has 0 unspecified atom stereocenters. The van der Waals surface area contributed by atoms with Gasteiger partial charge in [-0.05, 0) is 17.7 Å². The van der Waals surface area contributed by atoms with Gasteiger partial charge in [-0.15, -0.1) is 0 Å². The number of hydrogen-bond donors (Lipinski definition) is 0. The molecule has 0 heterocycles. The Bertz CT molecular complexity index is 275. The molecule has 0 amide bonds. The summed E-state index contributed by atoms with van der Waals surface area (Å²) in [7, 11) is 1.43. The summed E-state index contributed by atoms with van der Waals surface area (Å²) in [5, 5.41) is 0. The minimum absolute atomic E-state index is 0.259. The van der Waals surface area contributed by atoms with E-state index in [4.69, 9.17) is 4.74 Å². The van der Waals surface area contributed by atoms with Gasteiger partial charge in [0, 0.05) is 0 Å². The van der Waals surface area contributed by atoms with Crippen LogP contribution in [0.2, 0.25) is 13.1 Å². The van der Waals surface area contributed by atoms with Gasteiger partial charge < -0.3 is 4.74 Å². The predicted molar refractivity (Wildman–Crippen MR) is 59.5 cm³/mol. The van der Waals surface area contributed by atoms with Crippen LogP contribution in [0.3, 0.4) is 0 Å². The van der Waals surface area contributed by atoms with Crippen molar-refractivity contribution < 1.29 is 4.74 Å². The molecule has 1 rings (SSSR count). The van der Waals surface area contributed by atoms with Gasteiger partial charge in [0.1, 0.15) is 5.75 Å². The highest BCUT2D eigenvalue weighted by Crippen LogP contribution is 2.12. The average molecular weight is 191 g/mol. The van der Waals surface area contributed by atoms with Gasteiger partial charge in [-0.2, -0.15) is 0 Å². The lowest BCUT2D eigenvalue weighted by atomic mass is 10.2. The van der Waals surface area contributed by atoms with E-state index < -0.39 is 0 Å². The Balaban J connectivity index is 2.69. The fraction of sp³-hybridized carbons (Fsp3) is 0.273. The first kappa shape index (κ1) is 10.1. The fourth-order valence-corrected chi connectivity index (χ4v) is 1.50. The normalized spacial score (nSPS) is 11.1. The molecular weight excluding hydrogens is 176 g/mol. The molecule has 13 heavy (non-hydrogen) atoms. The number of benzene rings is 1. The second-order valence-corrected chi connectivity index (χ2v) is 5.67. The molecule has 1 aromatic rings. The van der Waals surface area contributed by atoms with E-state index in [9.17, 15) is 0 Å². The molecule has 1 aromatic carbocycles. The van der Waals surface area contributed by atoms with Crippen molar-refractivity contribution in [2.75, 3.05) is 7.11 Å². The molecule has 0 atom stereocenters. The Hall–Kier alpha value is -1.02. The molecule has 1 radical (unpaired) electrons. The number of methoxy groups -OCH3 is 1. The molecule has 0 aliphatic rings. The minimum atomic E-state index is -0.259. The zero-order chi connectivity index (χ0) is 9.68. The summed E-state index contributed by atoms with van der Waals surface area (Å²) in [6, 6.07) is 8.11. The molecule has 0 saturated heterocycles. The van der Waals surface area contributed by atoms with Crippen molar-refractivity contribution in [3.8, 4) is 5.75 Å². The van der Waals surface area contributed by atoms with Crippen LogP contribution >= 0.6 is 0 Å². The van der Waals surface area contributed by atoms with E-state index in [0.29, 0.717) is 0 Å². The second-order valence-electron chi connectivity index (χ2n) is 3.18. The summed E-state index contributed by atoms with van der Waals surface area (Å²) < 4.78 is 5.08. The van der Waals surface area contributed by atoms with E-state index in [1.807, 2.05) is 12.1 Å². The molecule has 69 valence electrons. The molecule has 0 bridgehead atoms. The summed E-state index contributed by atoms with van der Waals surface area (Å²) >= 11 is 0. The minimum Gasteiger partial charge on any atom is -0.497 e. The lowest BCUT2D eigenvalue weighted by molar-refractivity contribution is 0.415. The summed E-state index contributed by atoms with van der Waals surface area (Å²) in [6.45, 7) is 4.54. The molecule has 0 spiro atoms. The molecule has 0 aliphatic heterocycles. The topological polar surface area (TPSA) is 9.23 Å². The maximum absolute atomic E-state index is 5.08. The van der Waals surface area contributed by atoms with E-state index in [-0.39, 0.29) is 8.80 Å². The van der Waals surface area contributed by atoms with Crippen molar-refractivity contribution in [1.29, 1.82) is 0 Å². The molecule has 0 fully saturated rings. The fourth-order valence-electron chi connectivity index (χ4n) is 0.978. The van der Waals surface area contributed by atoms with Crippen LogP contribution in [0.15, 0.2) is 30.0 Å². The van der Waals surface area contributed by atoms with Gasteiger partial charge in [-0.3, -0.25) is 0 Å². The largest absolute Gasteiger partial charge is 0.497 e. The Morgan fingerprint density at radius 1 is 1.15 bits per heavy atom. The van der Waals surface area contributed by atoms with Gasteiger partial charge in [-0.1, -0.05) is 37.0 Å². The number of hydrogen-bond acceptors (Lipinski definition) is 1. The van der Waals surface area contributed by atoms with E-state index in [1.54, 1.807) is 7.11 Å². The van der Waals surface area contributed by atoms with Crippen molar-refractivity contribution in [1.82, 2.24) is 0 Å². The van der Waals surface area contributed by atoms with Crippen LogP contribution in [-0.4, -0.2) is 15.9 Å². The molecular formula is C11H15OSi. The molecule has 0 aromatic heterocycles. The Kier molecular flexibility index (Phi) is 3.77. The first-order valence-electron chi connectivity index (χ1n) is 4.34. The lowest BCUT2D eigenvalue weighted by Crippen LogP contribution is -1.91. The highest BCUT2D eigenvalue weighted by molar-refractivity contribution is 6.62. The number of ether oxygens (including phenoxy) is 1.